The number of nitrogens with zero attached hydrogens (tertiary/aromatic N) is 3. The third-order valence-electron chi connectivity index (χ3n) is 5.45. The number of alkyl halides is 3. The molecule has 0 unspecified atom stereocenters. The van der Waals surface area contributed by atoms with E-state index in [-0.39, 0.29) is 27.6 Å². The smallest absolute Gasteiger partial charge is 0.346 e. The lowest BCUT2D eigenvalue weighted by Crippen LogP contribution is -2.28. The van der Waals surface area contributed by atoms with E-state index >= 15 is 0 Å². The number of fused-ring (bicyclic) bond motifs is 1. The minimum Gasteiger partial charge on any atom is -0.346 e. The number of para-hydroxylation sites is 1. The summed E-state index contributed by atoms with van der Waals surface area (Å²) in [6.07, 6.45) is -1.25. The zero-order valence-corrected chi connectivity index (χ0v) is 21.2. The summed E-state index contributed by atoms with van der Waals surface area (Å²) in [5.41, 5.74) is -0.918. The Labute approximate surface area is 218 Å². The van der Waals surface area contributed by atoms with Gasteiger partial charge in [0.2, 0.25) is 5.43 Å². The molecule has 4 rings (SSSR count). The van der Waals surface area contributed by atoms with Crippen LogP contribution in [0.15, 0.2) is 52.9 Å². The van der Waals surface area contributed by atoms with E-state index in [1.54, 1.807) is 35.8 Å². The number of anilines is 2. The van der Waals surface area contributed by atoms with E-state index < -0.39 is 29.2 Å². The van der Waals surface area contributed by atoms with Crippen LogP contribution in [0.3, 0.4) is 0 Å². The van der Waals surface area contributed by atoms with Gasteiger partial charge < -0.3 is 15.2 Å². The maximum Gasteiger partial charge on any atom is 0.434 e. The number of nitrogens with one attached hydrogen (secondary N) is 3. The Balaban J connectivity index is 1.76. The standard InChI is InChI=1S/C25H23F3N6O3S/c1-3-9-34-12-16(21(35)14-7-5-6-8-18(14)34)22(36)31-17-11-30-20(33-24(37)29-4-2)10-15(17)23-32-19(13-38-23)25(26,27)28/h5-8,10-13H,3-4,9H2,1-2H3,(H,31,36)(H2,29,30,33,37). The lowest BCUT2D eigenvalue weighted by Gasteiger charge is -2.14. The van der Waals surface area contributed by atoms with Crippen molar-refractivity contribution in [3.8, 4) is 10.6 Å². The van der Waals surface area contributed by atoms with Crippen molar-refractivity contribution in [3.05, 3.63) is 69.6 Å². The van der Waals surface area contributed by atoms with E-state index in [1.807, 2.05) is 6.92 Å². The number of carbonyl (C=O) groups is 2. The van der Waals surface area contributed by atoms with Gasteiger partial charge in [-0.2, -0.15) is 13.2 Å². The summed E-state index contributed by atoms with van der Waals surface area (Å²) in [5, 5.41) is 8.76. The number of aryl methyl sites for hydroxylation is 1. The number of aromatic nitrogens is 3. The monoisotopic (exact) mass is 544 g/mol. The van der Waals surface area contributed by atoms with Gasteiger partial charge in [-0.1, -0.05) is 19.1 Å². The maximum atomic E-state index is 13.3. The van der Waals surface area contributed by atoms with E-state index in [4.69, 9.17) is 0 Å². The Hall–Kier alpha value is -4.26. The minimum atomic E-state index is -4.66. The quantitative estimate of drug-likeness (QED) is 0.290. The highest BCUT2D eigenvalue weighted by Crippen LogP contribution is 2.37. The van der Waals surface area contributed by atoms with Gasteiger partial charge in [-0.3, -0.25) is 14.9 Å². The van der Waals surface area contributed by atoms with E-state index in [2.05, 4.69) is 25.9 Å². The molecule has 0 radical (unpaired) electrons. The molecule has 3 heterocycles. The topological polar surface area (TPSA) is 118 Å². The lowest BCUT2D eigenvalue weighted by atomic mass is 10.1. The van der Waals surface area contributed by atoms with Crippen molar-refractivity contribution in [2.45, 2.75) is 33.0 Å². The van der Waals surface area contributed by atoms with Crippen LogP contribution < -0.4 is 21.4 Å². The molecular weight excluding hydrogens is 521 g/mol. The number of hydrogen-bond donors (Lipinski definition) is 3. The fourth-order valence-corrected chi connectivity index (χ4v) is 4.63. The molecule has 3 aromatic heterocycles. The molecule has 0 aliphatic heterocycles. The van der Waals surface area contributed by atoms with Crippen molar-refractivity contribution in [3.63, 3.8) is 0 Å². The van der Waals surface area contributed by atoms with Crippen molar-refractivity contribution < 1.29 is 22.8 Å². The summed E-state index contributed by atoms with van der Waals surface area (Å²) in [6, 6.07) is 7.65. The molecule has 0 aliphatic carbocycles. The van der Waals surface area contributed by atoms with Crippen LogP contribution in [0.5, 0.6) is 0 Å². The molecule has 0 bridgehead atoms. The summed E-state index contributed by atoms with van der Waals surface area (Å²) in [4.78, 5) is 46.1. The molecule has 3 amide bonds. The highest BCUT2D eigenvalue weighted by molar-refractivity contribution is 7.13. The molecule has 0 saturated heterocycles. The van der Waals surface area contributed by atoms with E-state index in [0.29, 0.717) is 35.3 Å². The average Bonchev–Trinajstić information content (AvgIpc) is 3.38. The number of thiazole rings is 1. The molecule has 0 atom stereocenters. The molecule has 198 valence electrons. The molecule has 0 aliphatic rings. The van der Waals surface area contributed by atoms with Gasteiger partial charge in [0.1, 0.15) is 16.4 Å². The number of rotatable bonds is 7. The van der Waals surface area contributed by atoms with Crippen LogP contribution in [-0.2, 0) is 12.7 Å². The normalized spacial score (nSPS) is 11.4. The van der Waals surface area contributed by atoms with Gasteiger partial charge in [-0.25, -0.2) is 14.8 Å². The molecule has 0 spiro atoms. The SMILES string of the molecule is CCCn1cc(C(=O)Nc2cnc(NC(=O)NCC)cc2-c2nc(C(F)(F)F)cs2)c(=O)c2ccccc21. The first-order chi connectivity index (χ1) is 18.1. The maximum absolute atomic E-state index is 13.3. The first kappa shape index (κ1) is 26.8. The molecule has 1 aromatic carbocycles. The van der Waals surface area contributed by atoms with Crippen LogP contribution in [0.4, 0.5) is 29.5 Å². The Bertz CT molecular complexity index is 1560. The minimum absolute atomic E-state index is 0.0223. The van der Waals surface area contributed by atoms with Crippen molar-refractivity contribution in [2.75, 3.05) is 17.2 Å². The number of pyridine rings is 2. The van der Waals surface area contributed by atoms with Gasteiger partial charge in [0.05, 0.1) is 17.4 Å². The number of halogens is 3. The summed E-state index contributed by atoms with van der Waals surface area (Å²) in [7, 11) is 0. The summed E-state index contributed by atoms with van der Waals surface area (Å²) >= 11 is 0.714. The van der Waals surface area contributed by atoms with E-state index in [0.717, 1.165) is 11.8 Å². The molecule has 13 heteroatoms. The third kappa shape index (κ3) is 5.67. The van der Waals surface area contributed by atoms with Crippen molar-refractivity contribution in [1.82, 2.24) is 19.9 Å². The molecular formula is C25H23F3N6O3S. The predicted octanol–water partition coefficient (Wildman–Crippen LogP) is 5.34. The predicted molar refractivity (Wildman–Crippen MR) is 139 cm³/mol. The van der Waals surface area contributed by atoms with Crippen LogP contribution in [0.25, 0.3) is 21.5 Å². The number of amides is 3. The Morgan fingerprint density at radius 3 is 2.58 bits per heavy atom. The molecule has 4 aromatic rings. The third-order valence-corrected chi connectivity index (χ3v) is 6.33. The summed E-state index contributed by atoms with van der Waals surface area (Å²) in [6.45, 7) is 4.58. The fourth-order valence-electron chi connectivity index (χ4n) is 3.77. The first-order valence-electron chi connectivity index (χ1n) is 11.6. The van der Waals surface area contributed by atoms with Gasteiger partial charge in [0.25, 0.3) is 5.91 Å². The Morgan fingerprint density at radius 2 is 1.89 bits per heavy atom. The second-order valence-corrected chi connectivity index (χ2v) is 9.03. The average molecular weight is 545 g/mol. The van der Waals surface area contributed by atoms with Crippen LogP contribution in [0.2, 0.25) is 0 Å². The lowest BCUT2D eigenvalue weighted by molar-refractivity contribution is -0.140. The zero-order valence-electron chi connectivity index (χ0n) is 20.3. The second-order valence-electron chi connectivity index (χ2n) is 8.17. The largest absolute Gasteiger partial charge is 0.434 e. The zero-order chi connectivity index (χ0) is 27.4. The number of benzene rings is 1. The highest BCUT2D eigenvalue weighted by Gasteiger charge is 2.34. The summed E-state index contributed by atoms with van der Waals surface area (Å²) in [5.74, 6) is -0.727. The van der Waals surface area contributed by atoms with E-state index in [9.17, 15) is 27.6 Å². The molecule has 9 nitrogen and oxygen atoms in total. The second kappa shape index (κ2) is 11.0. The number of urea groups is 1. The van der Waals surface area contributed by atoms with E-state index in [1.165, 1.54) is 18.5 Å². The first-order valence-corrected chi connectivity index (χ1v) is 12.5. The van der Waals surface area contributed by atoms with Crippen molar-refractivity contribution >= 4 is 45.7 Å². The summed E-state index contributed by atoms with van der Waals surface area (Å²) < 4.78 is 41.5. The molecule has 0 fully saturated rings. The molecule has 3 N–H and O–H groups in total. The fraction of sp³-hybridized carbons (Fsp3) is 0.240. The van der Waals surface area contributed by atoms with Gasteiger partial charge >= 0.3 is 12.2 Å². The van der Waals surface area contributed by atoms with Crippen molar-refractivity contribution in [1.29, 1.82) is 0 Å². The number of carbonyl (C=O) groups excluding carboxylic acids is 2. The van der Waals surface area contributed by atoms with Crippen molar-refractivity contribution in [2.24, 2.45) is 0 Å². The van der Waals surface area contributed by atoms with Gasteiger partial charge in [-0.15, -0.1) is 11.3 Å². The van der Waals surface area contributed by atoms with Crippen LogP contribution in [-0.4, -0.2) is 33.0 Å². The number of hydrogen-bond acceptors (Lipinski definition) is 6. The van der Waals surface area contributed by atoms with Gasteiger partial charge in [0.15, 0.2) is 5.69 Å². The van der Waals surface area contributed by atoms with Crippen LogP contribution in [0.1, 0.15) is 36.3 Å². The van der Waals surface area contributed by atoms with Crippen LogP contribution >= 0.6 is 11.3 Å². The molecule has 0 saturated carbocycles. The Morgan fingerprint density at radius 1 is 1.13 bits per heavy atom. The molecule has 38 heavy (non-hydrogen) atoms. The van der Waals surface area contributed by atoms with Crippen LogP contribution in [0, 0.1) is 0 Å². The highest BCUT2D eigenvalue weighted by atomic mass is 32.1. The van der Waals surface area contributed by atoms with Gasteiger partial charge in [0, 0.05) is 35.6 Å². The van der Waals surface area contributed by atoms with Gasteiger partial charge in [-0.05, 0) is 31.5 Å². The Kier molecular flexibility index (Phi) is 7.76.